The number of carboxylic acid groups (broad SMARTS) is 1. The first kappa shape index (κ1) is 13.5. The maximum atomic E-state index is 12.2. The van der Waals surface area contributed by atoms with Crippen LogP contribution in [0.1, 0.15) is 30.9 Å². The fourth-order valence-corrected chi connectivity index (χ4v) is 2.34. The maximum Gasteiger partial charge on any atom is 0.330 e. The van der Waals surface area contributed by atoms with Gasteiger partial charge in [0, 0.05) is 6.54 Å². The molecule has 1 atom stereocenters. The number of carboxylic acids is 1. The molecule has 19 heavy (non-hydrogen) atoms. The Balaban J connectivity index is 2.14. The van der Waals surface area contributed by atoms with Crippen molar-refractivity contribution in [3.63, 3.8) is 0 Å². The topological polar surface area (TPSA) is 92.4 Å². The summed E-state index contributed by atoms with van der Waals surface area (Å²) in [4.78, 5) is 23.5. The minimum Gasteiger partial charge on any atom is -0.479 e. The number of nitrogens with one attached hydrogen (secondary N) is 1. The summed E-state index contributed by atoms with van der Waals surface area (Å²) in [7, 11) is 0. The lowest BCUT2D eigenvalue weighted by Gasteiger charge is -2.39. The number of hydrogen-bond acceptors (Lipinski definition) is 3. The normalized spacial score (nSPS) is 18.2. The van der Waals surface area contributed by atoms with Gasteiger partial charge < -0.3 is 16.2 Å². The summed E-state index contributed by atoms with van der Waals surface area (Å²) in [5.41, 5.74) is 5.65. The number of carbonyl (C=O) groups excluding carboxylic acids is 1. The summed E-state index contributed by atoms with van der Waals surface area (Å²) >= 11 is 0. The Bertz CT molecular complexity index is 463. The van der Waals surface area contributed by atoms with Crippen LogP contribution in [0.3, 0.4) is 0 Å². The molecule has 0 spiro atoms. The molecule has 1 aromatic rings. The van der Waals surface area contributed by atoms with E-state index in [4.69, 9.17) is 5.73 Å². The molecule has 0 aliphatic heterocycles. The Morgan fingerprint density at radius 2 is 1.95 bits per heavy atom. The summed E-state index contributed by atoms with van der Waals surface area (Å²) in [6, 6.07) is 7.66. The third-order valence-electron chi connectivity index (χ3n) is 3.84. The van der Waals surface area contributed by atoms with Gasteiger partial charge in [-0.3, -0.25) is 4.79 Å². The van der Waals surface area contributed by atoms with E-state index in [1.54, 1.807) is 30.3 Å². The molecule has 1 fully saturated rings. The highest BCUT2D eigenvalue weighted by Gasteiger charge is 2.44. The number of nitrogens with two attached hydrogens (primary N) is 1. The highest BCUT2D eigenvalue weighted by Crippen LogP contribution is 2.40. The van der Waals surface area contributed by atoms with Gasteiger partial charge in [-0.05, 0) is 18.4 Å². The molecule has 0 heterocycles. The second kappa shape index (κ2) is 5.40. The van der Waals surface area contributed by atoms with Gasteiger partial charge in [0.1, 0.15) is 0 Å². The van der Waals surface area contributed by atoms with Crippen LogP contribution in [-0.2, 0) is 9.59 Å². The lowest BCUT2D eigenvalue weighted by Crippen LogP contribution is -2.52. The first-order valence-electron chi connectivity index (χ1n) is 6.38. The summed E-state index contributed by atoms with van der Waals surface area (Å²) < 4.78 is 0. The van der Waals surface area contributed by atoms with Crippen LogP contribution in [0.2, 0.25) is 0 Å². The minimum absolute atomic E-state index is 0.252. The van der Waals surface area contributed by atoms with E-state index in [1.165, 1.54) is 0 Å². The third kappa shape index (κ3) is 2.61. The van der Waals surface area contributed by atoms with Crippen molar-refractivity contribution in [3.05, 3.63) is 35.9 Å². The number of benzene rings is 1. The largest absolute Gasteiger partial charge is 0.479 e. The molecule has 5 nitrogen and oxygen atoms in total. The van der Waals surface area contributed by atoms with Gasteiger partial charge in [-0.15, -0.1) is 0 Å². The van der Waals surface area contributed by atoms with Gasteiger partial charge in [0.25, 0.3) is 0 Å². The fraction of sp³-hybridized carbons (Fsp3) is 0.429. The predicted molar refractivity (Wildman–Crippen MR) is 70.3 cm³/mol. The van der Waals surface area contributed by atoms with Gasteiger partial charge in [0.05, 0.1) is 5.41 Å². The Hall–Kier alpha value is -1.88. The second-order valence-corrected chi connectivity index (χ2v) is 4.99. The number of hydrogen-bond donors (Lipinski definition) is 3. The van der Waals surface area contributed by atoms with Crippen LogP contribution in [0.4, 0.5) is 0 Å². The monoisotopic (exact) mass is 262 g/mol. The zero-order chi connectivity index (χ0) is 13.9. The molecule has 1 aliphatic carbocycles. The molecule has 102 valence electrons. The molecule has 0 bridgehead atoms. The average Bonchev–Trinajstić information content (AvgIpc) is 2.36. The second-order valence-electron chi connectivity index (χ2n) is 4.99. The lowest BCUT2D eigenvalue weighted by molar-refractivity contribution is -0.145. The van der Waals surface area contributed by atoms with Crippen molar-refractivity contribution in [2.75, 3.05) is 6.54 Å². The highest BCUT2D eigenvalue weighted by atomic mass is 16.4. The van der Waals surface area contributed by atoms with E-state index >= 15 is 0 Å². The van der Waals surface area contributed by atoms with Crippen molar-refractivity contribution in [1.82, 2.24) is 5.32 Å². The van der Waals surface area contributed by atoms with Crippen molar-refractivity contribution in [2.45, 2.75) is 25.3 Å². The van der Waals surface area contributed by atoms with Crippen molar-refractivity contribution in [1.29, 1.82) is 0 Å². The zero-order valence-electron chi connectivity index (χ0n) is 10.6. The summed E-state index contributed by atoms with van der Waals surface area (Å²) in [6.07, 6.45) is 2.43. The number of carbonyl (C=O) groups is 2. The van der Waals surface area contributed by atoms with Crippen LogP contribution >= 0.6 is 0 Å². The first-order chi connectivity index (χ1) is 9.09. The minimum atomic E-state index is -1.06. The van der Waals surface area contributed by atoms with Crippen LogP contribution in [-0.4, -0.2) is 23.5 Å². The Morgan fingerprint density at radius 3 is 2.37 bits per heavy atom. The Kier molecular flexibility index (Phi) is 3.85. The molecule has 0 aromatic heterocycles. The molecule has 0 unspecified atom stereocenters. The van der Waals surface area contributed by atoms with E-state index in [-0.39, 0.29) is 12.5 Å². The molecule has 1 aliphatic rings. The average molecular weight is 262 g/mol. The van der Waals surface area contributed by atoms with Gasteiger partial charge in [-0.25, -0.2) is 4.79 Å². The molecule has 1 saturated carbocycles. The Labute approximate surface area is 111 Å². The van der Waals surface area contributed by atoms with Crippen molar-refractivity contribution in [3.8, 4) is 0 Å². The quantitative estimate of drug-likeness (QED) is 0.739. The van der Waals surface area contributed by atoms with Gasteiger partial charge in [0.2, 0.25) is 5.91 Å². The van der Waals surface area contributed by atoms with Crippen LogP contribution in [0, 0.1) is 5.41 Å². The van der Waals surface area contributed by atoms with Crippen LogP contribution in [0.15, 0.2) is 30.3 Å². The molecular weight excluding hydrogens is 244 g/mol. The third-order valence-corrected chi connectivity index (χ3v) is 3.84. The standard InChI is InChI=1S/C14H18N2O3/c15-9-14(7-4-8-14)13(19)16-11(12(17)18)10-5-2-1-3-6-10/h1-3,5-6,11H,4,7-9,15H2,(H,16,19)(H,17,18)/t11-/m0/s1. The summed E-state index contributed by atoms with van der Waals surface area (Å²) in [5.74, 6) is -1.32. The summed E-state index contributed by atoms with van der Waals surface area (Å²) in [5, 5.41) is 11.9. The van der Waals surface area contributed by atoms with E-state index in [1.807, 2.05) is 0 Å². The van der Waals surface area contributed by atoms with E-state index in [0.29, 0.717) is 5.56 Å². The van der Waals surface area contributed by atoms with E-state index < -0.39 is 17.4 Å². The fourth-order valence-electron chi connectivity index (χ4n) is 2.34. The van der Waals surface area contributed by atoms with E-state index in [2.05, 4.69) is 5.32 Å². The number of aliphatic carboxylic acids is 1. The smallest absolute Gasteiger partial charge is 0.330 e. The van der Waals surface area contributed by atoms with Crippen LogP contribution in [0.25, 0.3) is 0 Å². The molecule has 4 N–H and O–H groups in total. The lowest BCUT2D eigenvalue weighted by atomic mass is 9.68. The molecule has 5 heteroatoms. The van der Waals surface area contributed by atoms with Crippen molar-refractivity contribution in [2.24, 2.45) is 11.1 Å². The predicted octanol–water partition coefficient (Wildman–Crippen LogP) is 1.06. The Morgan fingerprint density at radius 1 is 1.32 bits per heavy atom. The molecule has 1 amide bonds. The zero-order valence-corrected chi connectivity index (χ0v) is 10.6. The van der Waals surface area contributed by atoms with Gasteiger partial charge in [-0.1, -0.05) is 36.8 Å². The van der Waals surface area contributed by atoms with Crippen molar-refractivity contribution < 1.29 is 14.7 Å². The molecule has 0 saturated heterocycles. The van der Waals surface area contributed by atoms with Gasteiger partial charge in [0.15, 0.2) is 6.04 Å². The van der Waals surface area contributed by atoms with Crippen LogP contribution < -0.4 is 11.1 Å². The van der Waals surface area contributed by atoms with Gasteiger partial charge in [-0.2, -0.15) is 0 Å². The van der Waals surface area contributed by atoms with E-state index in [0.717, 1.165) is 19.3 Å². The summed E-state index contributed by atoms with van der Waals surface area (Å²) in [6.45, 7) is 0.264. The molecule has 0 radical (unpaired) electrons. The van der Waals surface area contributed by atoms with Crippen molar-refractivity contribution >= 4 is 11.9 Å². The molecule has 1 aromatic carbocycles. The number of amides is 1. The van der Waals surface area contributed by atoms with Crippen LogP contribution in [0.5, 0.6) is 0 Å². The number of rotatable bonds is 5. The van der Waals surface area contributed by atoms with E-state index in [9.17, 15) is 14.7 Å². The molecule has 2 rings (SSSR count). The van der Waals surface area contributed by atoms with Gasteiger partial charge >= 0.3 is 5.97 Å². The molecular formula is C14H18N2O3. The SMILES string of the molecule is NCC1(C(=O)N[C@H](C(=O)O)c2ccccc2)CCC1. The first-order valence-corrected chi connectivity index (χ1v) is 6.38. The maximum absolute atomic E-state index is 12.2. The highest BCUT2D eigenvalue weighted by molar-refractivity contribution is 5.88.